The van der Waals surface area contributed by atoms with Gasteiger partial charge in [-0.3, -0.25) is 24.8 Å². The molecule has 2 aromatic rings. The van der Waals surface area contributed by atoms with Crippen molar-refractivity contribution in [3.05, 3.63) is 67.6 Å². The van der Waals surface area contributed by atoms with Crippen LogP contribution in [0.4, 0.5) is 5.69 Å². The van der Waals surface area contributed by atoms with Gasteiger partial charge in [0, 0.05) is 18.2 Å². The number of methoxy groups -OCH3 is 1. The fourth-order valence-corrected chi connectivity index (χ4v) is 7.02. The normalized spacial score (nSPS) is 20.9. The zero-order valence-electron chi connectivity index (χ0n) is 22.6. The Hall–Kier alpha value is -3.04. The number of non-ortho nitro benzene ring substituents is 1. The molecule has 212 valence electrons. The quantitative estimate of drug-likeness (QED) is 0.179. The summed E-state index contributed by atoms with van der Waals surface area (Å²) >= 11 is 8.08. The number of hydrogen-bond acceptors (Lipinski definition) is 7. The van der Waals surface area contributed by atoms with Gasteiger partial charge in [0.1, 0.15) is 6.61 Å². The summed E-state index contributed by atoms with van der Waals surface area (Å²) in [5, 5.41) is 12.3. The average Bonchev–Trinajstić information content (AvgIpc) is 3.27. The summed E-state index contributed by atoms with van der Waals surface area (Å²) in [6.07, 6.45) is 13.2. The zero-order valence-corrected chi connectivity index (χ0v) is 24.2. The van der Waals surface area contributed by atoms with E-state index in [4.69, 9.17) is 26.1 Å². The highest BCUT2D eigenvalue weighted by molar-refractivity contribution is 8.18. The Morgan fingerprint density at radius 2 is 1.82 bits per heavy atom. The van der Waals surface area contributed by atoms with Crippen LogP contribution in [0.15, 0.2) is 46.3 Å². The molecular formula is C30H34ClN3O5S. The van der Waals surface area contributed by atoms with Crippen LogP contribution in [0.5, 0.6) is 11.5 Å². The maximum atomic E-state index is 13.7. The molecule has 5 rings (SSSR count). The van der Waals surface area contributed by atoms with E-state index >= 15 is 0 Å². The van der Waals surface area contributed by atoms with Gasteiger partial charge in [-0.2, -0.15) is 0 Å². The third-order valence-corrected chi connectivity index (χ3v) is 8.98. The van der Waals surface area contributed by atoms with Gasteiger partial charge >= 0.3 is 0 Å². The highest BCUT2D eigenvalue weighted by Gasteiger charge is 2.39. The van der Waals surface area contributed by atoms with Gasteiger partial charge in [-0.05, 0) is 66.8 Å². The molecule has 8 nitrogen and oxygen atoms in total. The Morgan fingerprint density at radius 3 is 2.52 bits per heavy atom. The highest BCUT2D eigenvalue weighted by atomic mass is 35.5. The van der Waals surface area contributed by atoms with Crippen molar-refractivity contribution >= 4 is 46.2 Å². The molecule has 3 aliphatic rings. The first kappa shape index (κ1) is 28.5. The third kappa shape index (κ3) is 6.63. The summed E-state index contributed by atoms with van der Waals surface area (Å²) in [4.78, 5) is 32.1. The lowest BCUT2D eigenvalue weighted by molar-refractivity contribution is -0.384. The standard InChI is InChI=1S/C30H34ClN3O5S/c1-38-26-17-21(16-25(31)28(26)39-19-20-9-8-14-24(15-20)34(36)37)18-27-29(35)33(23-12-6-3-7-13-23)30(40-27)32-22-10-4-2-5-11-22/h8-9,14-18,22-23H,2-7,10-13,19H2,1H3. The van der Waals surface area contributed by atoms with Gasteiger partial charge in [0.2, 0.25) is 0 Å². The van der Waals surface area contributed by atoms with E-state index in [0.717, 1.165) is 49.3 Å². The molecule has 1 amide bonds. The fourth-order valence-electron chi connectivity index (χ4n) is 5.63. The fraction of sp³-hybridized carbons (Fsp3) is 0.467. The monoisotopic (exact) mass is 583 g/mol. The molecule has 0 bridgehead atoms. The Labute approximate surface area is 243 Å². The first-order valence-electron chi connectivity index (χ1n) is 14.0. The van der Waals surface area contributed by atoms with Crippen LogP contribution in [-0.2, 0) is 11.4 Å². The third-order valence-electron chi connectivity index (χ3n) is 7.70. The van der Waals surface area contributed by atoms with Crippen molar-refractivity contribution in [1.82, 2.24) is 4.90 Å². The van der Waals surface area contributed by atoms with Crippen LogP contribution in [0.1, 0.15) is 75.3 Å². The molecule has 1 aliphatic heterocycles. The number of amides is 1. The lowest BCUT2D eigenvalue weighted by Crippen LogP contribution is -2.41. The molecule has 2 aromatic carbocycles. The average molecular weight is 584 g/mol. The first-order valence-corrected chi connectivity index (χ1v) is 15.2. The molecular weight excluding hydrogens is 550 g/mol. The summed E-state index contributed by atoms with van der Waals surface area (Å²) in [5.74, 6) is 0.764. The minimum atomic E-state index is -0.442. The van der Waals surface area contributed by atoms with Crippen molar-refractivity contribution in [1.29, 1.82) is 0 Å². The number of thioether (sulfide) groups is 1. The lowest BCUT2D eigenvalue weighted by Gasteiger charge is -2.31. The molecule has 2 saturated carbocycles. The lowest BCUT2D eigenvalue weighted by atomic mass is 9.94. The Morgan fingerprint density at radius 1 is 1.10 bits per heavy atom. The van der Waals surface area contributed by atoms with Crippen LogP contribution >= 0.6 is 23.4 Å². The summed E-state index contributed by atoms with van der Waals surface area (Å²) < 4.78 is 11.5. The minimum Gasteiger partial charge on any atom is -0.493 e. The van der Waals surface area contributed by atoms with E-state index in [0.29, 0.717) is 27.0 Å². The maximum absolute atomic E-state index is 13.7. The van der Waals surface area contributed by atoms with E-state index in [1.54, 1.807) is 24.3 Å². The zero-order chi connectivity index (χ0) is 28.1. The summed E-state index contributed by atoms with van der Waals surface area (Å²) in [6, 6.07) is 10.3. The van der Waals surface area contributed by atoms with E-state index in [2.05, 4.69) is 0 Å². The van der Waals surface area contributed by atoms with E-state index < -0.39 is 4.92 Å². The van der Waals surface area contributed by atoms with Crippen molar-refractivity contribution < 1.29 is 19.2 Å². The number of halogens is 1. The van der Waals surface area contributed by atoms with Crippen LogP contribution in [-0.4, -0.2) is 40.1 Å². The van der Waals surface area contributed by atoms with Gasteiger partial charge in [-0.15, -0.1) is 0 Å². The van der Waals surface area contributed by atoms with Crippen molar-refractivity contribution in [3.8, 4) is 11.5 Å². The van der Waals surface area contributed by atoms with Crippen LogP contribution in [0.3, 0.4) is 0 Å². The number of rotatable bonds is 8. The minimum absolute atomic E-state index is 0.00599. The number of carbonyl (C=O) groups is 1. The molecule has 2 aliphatic carbocycles. The summed E-state index contributed by atoms with van der Waals surface area (Å²) in [7, 11) is 1.53. The van der Waals surface area contributed by atoms with E-state index in [9.17, 15) is 14.9 Å². The summed E-state index contributed by atoms with van der Waals surface area (Å²) in [6.45, 7) is 0.0872. The molecule has 10 heteroatoms. The number of ether oxygens (including phenoxy) is 2. The van der Waals surface area contributed by atoms with Crippen LogP contribution in [0.2, 0.25) is 5.02 Å². The second-order valence-corrected chi connectivity index (χ2v) is 11.9. The number of aliphatic imine (C=N–C) groups is 1. The molecule has 0 unspecified atom stereocenters. The number of nitro groups is 1. The van der Waals surface area contributed by atoms with Gasteiger partial charge in [0.15, 0.2) is 16.7 Å². The Balaban J connectivity index is 1.39. The molecule has 0 spiro atoms. The van der Waals surface area contributed by atoms with Crippen LogP contribution in [0.25, 0.3) is 6.08 Å². The predicted octanol–water partition coefficient (Wildman–Crippen LogP) is 7.77. The summed E-state index contributed by atoms with van der Waals surface area (Å²) in [5.41, 5.74) is 1.36. The van der Waals surface area contributed by atoms with Gasteiger partial charge < -0.3 is 9.47 Å². The smallest absolute Gasteiger partial charge is 0.269 e. The van der Waals surface area contributed by atoms with Gasteiger partial charge in [0.05, 0.1) is 28.0 Å². The maximum Gasteiger partial charge on any atom is 0.269 e. The first-order chi connectivity index (χ1) is 19.4. The molecule has 0 aromatic heterocycles. The number of amidine groups is 1. The van der Waals surface area contributed by atoms with Crippen molar-refractivity contribution in [2.75, 3.05) is 7.11 Å². The SMILES string of the molecule is COc1cc(C=C2SC(=NC3CCCCC3)N(C3CCCCC3)C2=O)cc(Cl)c1OCc1cccc([N+](=O)[O-])c1. The van der Waals surface area contributed by atoms with Gasteiger partial charge in [-0.25, -0.2) is 0 Å². The number of nitrogens with zero attached hydrogens (tertiary/aromatic N) is 3. The molecule has 0 radical (unpaired) electrons. The van der Waals surface area contributed by atoms with Crippen molar-refractivity contribution in [2.24, 2.45) is 4.99 Å². The van der Waals surface area contributed by atoms with Crippen molar-refractivity contribution in [3.63, 3.8) is 0 Å². The number of nitro benzene ring substituents is 1. The van der Waals surface area contributed by atoms with E-state index in [1.165, 1.54) is 56.7 Å². The predicted molar refractivity (Wildman–Crippen MR) is 159 cm³/mol. The topological polar surface area (TPSA) is 94.3 Å². The second kappa shape index (κ2) is 13.1. The molecule has 0 atom stereocenters. The van der Waals surface area contributed by atoms with Gasteiger partial charge in [-0.1, -0.05) is 62.3 Å². The van der Waals surface area contributed by atoms with Crippen LogP contribution < -0.4 is 9.47 Å². The number of benzene rings is 2. The molecule has 3 fully saturated rings. The molecule has 0 N–H and O–H groups in total. The van der Waals surface area contributed by atoms with E-state index in [-0.39, 0.29) is 30.3 Å². The Bertz CT molecular complexity index is 1320. The Kier molecular flexibility index (Phi) is 9.32. The molecule has 1 saturated heterocycles. The van der Waals surface area contributed by atoms with Crippen molar-refractivity contribution in [2.45, 2.75) is 82.9 Å². The second-order valence-electron chi connectivity index (χ2n) is 10.5. The highest BCUT2D eigenvalue weighted by Crippen LogP contribution is 2.41. The van der Waals surface area contributed by atoms with Crippen LogP contribution in [0, 0.1) is 10.1 Å². The number of hydrogen-bond donors (Lipinski definition) is 0. The largest absolute Gasteiger partial charge is 0.493 e. The number of carbonyl (C=O) groups excluding carboxylic acids is 1. The molecule has 1 heterocycles. The van der Waals surface area contributed by atoms with Gasteiger partial charge in [0.25, 0.3) is 11.6 Å². The molecule has 40 heavy (non-hydrogen) atoms. The van der Waals surface area contributed by atoms with E-state index in [1.807, 2.05) is 11.0 Å².